The number of halogens is 1. The minimum Gasteiger partial charge on any atom is -0.459 e. The van der Waals surface area contributed by atoms with Gasteiger partial charge in [-0.1, -0.05) is 12.1 Å². The average Bonchev–Trinajstić information content (AvgIpc) is 2.44. The average molecular weight is 336 g/mol. The highest BCUT2D eigenvalue weighted by molar-refractivity contribution is 5.76. The van der Waals surface area contributed by atoms with Gasteiger partial charge >= 0.3 is 5.97 Å². The fourth-order valence-electron chi connectivity index (χ4n) is 3.00. The van der Waals surface area contributed by atoms with Gasteiger partial charge in [0.2, 0.25) is 0 Å². The molecule has 134 valence electrons. The minimum absolute atomic E-state index is 0.258. The van der Waals surface area contributed by atoms with Gasteiger partial charge in [-0.15, -0.1) is 0 Å². The van der Waals surface area contributed by atoms with Crippen LogP contribution in [0.4, 0.5) is 4.39 Å². The van der Waals surface area contributed by atoms with Crippen molar-refractivity contribution in [1.82, 2.24) is 10.2 Å². The SMILES string of the molecule is Cc1ccc(C[C@@H](C(=O)OC(C)(C)C)N2CCN[C@@H](C)C2)c(F)c1. The zero-order chi connectivity index (χ0) is 17.9. The minimum atomic E-state index is -0.555. The van der Waals surface area contributed by atoms with Gasteiger partial charge in [-0.2, -0.15) is 0 Å². The standard InChI is InChI=1S/C19H29FN2O2/c1-13-6-7-15(16(20)10-13)11-17(18(23)24-19(3,4)5)22-9-8-21-14(2)12-22/h6-7,10,14,17,21H,8-9,11-12H2,1-5H3/t14-,17-/m0/s1. The summed E-state index contributed by atoms with van der Waals surface area (Å²) in [4.78, 5) is 14.8. The van der Waals surface area contributed by atoms with Crippen LogP contribution in [0.25, 0.3) is 0 Å². The van der Waals surface area contributed by atoms with Crippen LogP contribution in [0, 0.1) is 12.7 Å². The molecule has 1 heterocycles. The Hall–Kier alpha value is -1.46. The molecule has 1 aromatic carbocycles. The van der Waals surface area contributed by atoms with Gasteiger partial charge in [-0.25, -0.2) is 4.39 Å². The van der Waals surface area contributed by atoms with Crippen LogP contribution in [0.3, 0.4) is 0 Å². The number of nitrogens with one attached hydrogen (secondary N) is 1. The number of carbonyl (C=O) groups excluding carboxylic acids is 1. The van der Waals surface area contributed by atoms with E-state index in [1.807, 2.05) is 33.8 Å². The highest BCUT2D eigenvalue weighted by Crippen LogP contribution is 2.19. The number of hydrogen-bond acceptors (Lipinski definition) is 4. The molecule has 0 aromatic heterocycles. The molecule has 5 heteroatoms. The molecule has 1 saturated heterocycles. The molecule has 4 nitrogen and oxygen atoms in total. The number of aryl methyl sites for hydroxylation is 1. The summed E-state index contributed by atoms with van der Waals surface area (Å²) in [6, 6.07) is 5.00. The summed E-state index contributed by atoms with van der Waals surface area (Å²) >= 11 is 0. The van der Waals surface area contributed by atoms with Crippen LogP contribution < -0.4 is 5.32 Å². The number of piperazine rings is 1. The van der Waals surface area contributed by atoms with Crippen molar-refractivity contribution in [3.05, 3.63) is 35.1 Å². The monoisotopic (exact) mass is 336 g/mol. The van der Waals surface area contributed by atoms with Crippen molar-refractivity contribution in [1.29, 1.82) is 0 Å². The number of carbonyl (C=O) groups is 1. The lowest BCUT2D eigenvalue weighted by molar-refractivity contribution is -0.162. The molecule has 24 heavy (non-hydrogen) atoms. The molecule has 2 atom stereocenters. The maximum absolute atomic E-state index is 14.3. The van der Waals surface area contributed by atoms with Crippen LogP contribution in [0.15, 0.2) is 18.2 Å². The maximum Gasteiger partial charge on any atom is 0.324 e. The molecule has 0 saturated carbocycles. The van der Waals surface area contributed by atoms with Gasteiger partial charge < -0.3 is 10.1 Å². The highest BCUT2D eigenvalue weighted by atomic mass is 19.1. The van der Waals surface area contributed by atoms with Crippen LogP contribution in [0.2, 0.25) is 0 Å². The highest BCUT2D eigenvalue weighted by Gasteiger charge is 2.33. The molecule has 0 unspecified atom stereocenters. The molecule has 0 radical (unpaired) electrons. The predicted molar refractivity (Wildman–Crippen MR) is 93.5 cm³/mol. The fourth-order valence-corrected chi connectivity index (χ4v) is 3.00. The summed E-state index contributed by atoms with van der Waals surface area (Å²) in [6.07, 6.45) is 0.327. The number of benzene rings is 1. The topological polar surface area (TPSA) is 41.6 Å². The smallest absolute Gasteiger partial charge is 0.324 e. The summed E-state index contributed by atoms with van der Waals surface area (Å²) in [6.45, 7) is 11.8. The van der Waals surface area contributed by atoms with E-state index in [4.69, 9.17) is 4.74 Å². The molecule has 1 aliphatic heterocycles. The van der Waals surface area contributed by atoms with E-state index in [9.17, 15) is 9.18 Å². The molecular weight excluding hydrogens is 307 g/mol. The molecule has 0 aliphatic carbocycles. The number of hydrogen-bond donors (Lipinski definition) is 1. The van der Waals surface area contributed by atoms with Crippen molar-refractivity contribution in [2.24, 2.45) is 0 Å². The Kier molecular flexibility index (Phi) is 5.99. The second kappa shape index (κ2) is 7.62. The molecule has 0 bridgehead atoms. The van der Waals surface area contributed by atoms with Crippen molar-refractivity contribution in [2.45, 2.75) is 58.7 Å². The third kappa shape index (κ3) is 5.28. The first-order chi connectivity index (χ1) is 11.2. The van der Waals surface area contributed by atoms with Crippen molar-refractivity contribution < 1.29 is 13.9 Å². The van der Waals surface area contributed by atoms with Crippen LogP contribution in [0.1, 0.15) is 38.8 Å². The maximum atomic E-state index is 14.3. The van der Waals surface area contributed by atoms with E-state index < -0.39 is 11.6 Å². The molecule has 0 amide bonds. The third-order valence-corrected chi connectivity index (χ3v) is 4.14. The number of ether oxygens (including phenoxy) is 1. The Balaban J connectivity index is 2.22. The first-order valence-electron chi connectivity index (χ1n) is 8.61. The Morgan fingerprint density at radius 2 is 2.17 bits per heavy atom. The van der Waals surface area contributed by atoms with Gasteiger partial charge in [0.05, 0.1) is 0 Å². The van der Waals surface area contributed by atoms with Crippen LogP contribution in [-0.2, 0) is 16.0 Å². The lowest BCUT2D eigenvalue weighted by atomic mass is 10.0. The second-order valence-corrected chi connectivity index (χ2v) is 7.70. The summed E-state index contributed by atoms with van der Waals surface area (Å²) < 4.78 is 19.9. The van der Waals surface area contributed by atoms with E-state index in [0.29, 0.717) is 18.0 Å². The van der Waals surface area contributed by atoms with Crippen molar-refractivity contribution in [3.8, 4) is 0 Å². The van der Waals surface area contributed by atoms with Crippen LogP contribution in [-0.4, -0.2) is 48.2 Å². The first kappa shape index (κ1) is 18.9. The van der Waals surface area contributed by atoms with Crippen molar-refractivity contribution >= 4 is 5.97 Å². The Labute approximate surface area is 144 Å². The van der Waals surface area contributed by atoms with Gasteiger partial charge in [0.25, 0.3) is 0 Å². The molecular formula is C19H29FN2O2. The van der Waals surface area contributed by atoms with E-state index in [1.165, 1.54) is 6.07 Å². The van der Waals surface area contributed by atoms with Crippen LogP contribution >= 0.6 is 0 Å². The Morgan fingerprint density at radius 1 is 1.46 bits per heavy atom. The van der Waals surface area contributed by atoms with Gasteiger partial charge in [0.1, 0.15) is 17.5 Å². The lowest BCUT2D eigenvalue weighted by Gasteiger charge is -2.37. The summed E-state index contributed by atoms with van der Waals surface area (Å²) in [7, 11) is 0. The van der Waals surface area contributed by atoms with Gasteiger partial charge in [-0.3, -0.25) is 9.69 Å². The van der Waals surface area contributed by atoms with Gasteiger partial charge in [0, 0.05) is 32.1 Å². The summed E-state index contributed by atoms with van der Waals surface area (Å²) in [5, 5.41) is 3.37. The van der Waals surface area contributed by atoms with Gasteiger partial charge in [-0.05, 0) is 51.8 Å². The summed E-state index contributed by atoms with van der Waals surface area (Å²) in [5.41, 5.74) is 0.879. The Bertz CT molecular complexity index is 583. The zero-order valence-electron chi connectivity index (χ0n) is 15.4. The van der Waals surface area contributed by atoms with E-state index in [1.54, 1.807) is 6.07 Å². The normalized spacial score (nSPS) is 20.7. The summed E-state index contributed by atoms with van der Waals surface area (Å²) in [5.74, 6) is -0.539. The quantitative estimate of drug-likeness (QED) is 0.859. The number of nitrogens with zero attached hydrogens (tertiary/aromatic N) is 1. The third-order valence-electron chi connectivity index (χ3n) is 4.14. The number of esters is 1. The molecule has 2 rings (SSSR count). The predicted octanol–water partition coefficient (Wildman–Crippen LogP) is 2.68. The van der Waals surface area contributed by atoms with E-state index in [-0.39, 0.29) is 11.8 Å². The molecule has 1 aromatic rings. The largest absolute Gasteiger partial charge is 0.459 e. The zero-order valence-corrected chi connectivity index (χ0v) is 15.4. The van der Waals surface area contributed by atoms with E-state index in [0.717, 1.165) is 25.2 Å². The van der Waals surface area contributed by atoms with E-state index in [2.05, 4.69) is 17.1 Å². The van der Waals surface area contributed by atoms with Crippen molar-refractivity contribution in [3.63, 3.8) is 0 Å². The molecule has 1 aliphatic rings. The second-order valence-electron chi connectivity index (χ2n) is 7.70. The Morgan fingerprint density at radius 3 is 2.75 bits per heavy atom. The number of rotatable bonds is 4. The molecule has 1 N–H and O–H groups in total. The fraction of sp³-hybridized carbons (Fsp3) is 0.632. The van der Waals surface area contributed by atoms with Crippen LogP contribution in [0.5, 0.6) is 0 Å². The van der Waals surface area contributed by atoms with Gasteiger partial charge in [0.15, 0.2) is 0 Å². The molecule has 0 spiro atoms. The first-order valence-corrected chi connectivity index (χ1v) is 8.61. The van der Waals surface area contributed by atoms with E-state index >= 15 is 0 Å². The molecule has 1 fully saturated rings. The van der Waals surface area contributed by atoms with Crippen molar-refractivity contribution in [2.75, 3.05) is 19.6 Å². The lowest BCUT2D eigenvalue weighted by Crippen LogP contribution is -2.56.